The Hall–Kier alpha value is -2.57. The fourth-order valence-electron chi connectivity index (χ4n) is 3.56. The van der Waals surface area contributed by atoms with Gasteiger partial charge in [0.2, 0.25) is 5.91 Å². The first-order chi connectivity index (χ1) is 13.6. The van der Waals surface area contributed by atoms with Crippen LogP contribution in [0.1, 0.15) is 58.4 Å². The molecule has 0 bridgehead atoms. The van der Waals surface area contributed by atoms with Gasteiger partial charge in [0.1, 0.15) is 17.2 Å². The lowest BCUT2D eigenvalue weighted by Gasteiger charge is -2.36. The molecule has 2 rings (SSSR count). The van der Waals surface area contributed by atoms with E-state index in [1.807, 2.05) is 30.3 Å². The number of nitrogens with one attached hydrogen (secondary N) is 2. The summed E-state index contributed by atoms with van der Waals surface area (Å²) >= 11 is 0. The summed E-state index contributed by atoms with van der Waals surface area (Å²) in [5, 5.41) is 5.55. The number of hydrogen-bond donors (Lipinski definition) is 2. The molecule has 1 atom stereocenters. The van der Waals surface area contributed by atoms with Gasteiger partial charge in [-0.3, -0.25) is 4.79 Å². The van der Waals surface area contributed by atoms with Crippen LogP contribution in [0.25, 0.3) is 0 Å². The summed E-state index contributed by atoms with van der Waals surface area (Å²) in [5.74, 6) is -0.867. The number of ether oxygens (including phenoxy) is 2. The van der Waals surface area contributed by atoms with Gasteiger partial charge in [0, 0.05) is 6.42 Å². The maximum atomic E-state index is 13.2. The van der Waals surface area contributed by atoms with Gasteiger partial charge >= 0.3 is 12.1 Å². The molecular weight excluding hydrogens is 372 g/mol. The zero-order valence-corrected chi connectivity index (χ0v) is 17.7. The van der Waals surface area contributed by atoms with Crippen molar-refractivity contribution in [1.82, 2.24) is 10.6 Å². The third-order valence-electron chi connectivity index (χ3n) is 4.94. The number of rotatable bonds is 6. The first-order valence-corrected chi connectivity index (χ1v) is 10.1. The molecule has 1 fully saturated rings. The van der Waals surface area contributed by atoms with Crippen LogP contribution in [0.3, 0.4) is 0 Å². The van der Waals surface area contributed by atoms with Crippen LogP contribution < -0.4 is 10.6 Å². The molecule has 0 spiro atoms. The number of benzene rings is 1. The Morgan fingerprint density at radius 2 is 1.69 bits per heavy atom. The molecule has 0 heterocycles. The zero-order valence-electron chi connectivity index (χ0n) is 17.7. The third kappa shape index (κ3) is 6.76. The van der Waals surface area contributed by atoms with Crippen molar-refractivity contribution in [1.29, 1.82) is 0 Å². The molecule has 2 N–H and O–H groups in total. The van der Waals surface area contributed by atoms with Crippen molar-refractivity contribution >= 4 is 18.0 Å². The van der Waals surface area contributed by atoms with Crippen LogP contribution in [0, 0.1) is 0 Å². The molecule has 7 nitrogen and oxygen atoms in total. The molecule has 7 heteroatoms. The van der Waals surface area contributed by atoms with E-state index in [-0.39, 0.29) is 6.42 Å². The lowest BCUT2D eigenvalue weighted by molar-refractivity contribution is -0.152. The monoisotopic (exact) mass is 404 g/mol. The van der Waals surface area contributed by atoms with E-state index in [4.69, 9.17) is 9.47 Å². The highest BCUT2D eigenvalue weighted by Crippen LogP contribution is 2.29. The molecule has 1 aliphatic carbocycles. The summed E-state index contributed by atoms with van der Waals surface area (Å²) in [4.78, 5) is 37.9. The Labute approximate surface area is 172 Å². The standard InChI is InChI=1S/C22H32N2O5/c1-21(2,3)29-20(27)23-17(15-16-11-7-5-8-12-16)18(25)24-22(19(26)28-4)13-9-6-10-14-22/h5,7-8,11-12,17H,6,9-10,13-15H2,1-4H3,(H,23,27)(H,24,25)/t17-/m0/s1. The van der Waals surface area contributed by atoms with E-state index in [2.05, 4.69) is 10.6 Å². The highest BCUT2D eigenvalue weighted by Gasteiger charge is 2.43. The zero-order chi connectivity index (χ0) is 21.5. The van der Waals surface area contributed by atoms with Crippen molar-refractivity contribution < 1.29 is 23.9 Å². The Bertz CT molecular complexity index is 706. The topological polar surface area (TPSA) is 93.7 Å². The highest BCUT2D eigenvalue weighted by molar-refractivity contribution is 5.92. The van der Waals surface area contributed by atoms with Crippen LogP contribution >= 0.6 is 0 Å². The first-order valence-electron chi connectivity index (χ1n) is 10.1. The first kappa shape index (κ1) is 22.7. The SMILES string of the molecule is COC(=O)C1(NC(=O)[C@H](Cc2ccccc2)NC(=O)OC(C)(C)C)CCCCC1. The molecule has 0 aromatic heterocycles. The minimum absolute atomic E-state index is 0.281. The number of amides is 2. The van der Waals surface area contributed by atoms with Gasteiger partial charge in [-0.25, -0.2) is 9.59 Å². The second-order valence-electron chi connectivity index (χ2n) is 8.51. The van der Waals surface area contributed by atoms with Gasteiger partial charge in [-0.1, -0.05) is 49.6 Å². The van der Waals surface area contributed by atoms with Gasteiger partial charge in [0.15, 0.2) is 0 Å². The predicted octanol–water partition coefficient (Wildman–Crippen LogP) is 3.11. The largest absolute Gasteiger partial charge is 0.467 e. The summed E-state index contributed by atoms with van der Waals surface area (Å²) in [6.45, 7) is 5.27. The third-order valence-corrected chi connectivity index (χ3v) is 4.94. The van der Waals surface area contributed by atoms with Gasteiger partial charge in [-0.15, -0.1) is 0 Å². The second-order valence-corrected chi connectivity index (χ2v) is 8.51. The molecule has 1 aromatic carbocycles. The van der Waals surface area contributed by atoms with Crippen molar-refractivity contribution in [3.05, 3.63) is 35.9 Å². The van der Waals surface area contributed by atoms with Crippen LogP contribution in [0.15, 0.2) is 30.3 Å². The maximum Gasteiger partial charge on any atom is 0.408 e. The summed E-state index contributed by atoms with van der Waals surface area (Å²) in [6, 6.07) is 8.51. The van der Waals surface area contributed by atoms with Crippen LogP contribution in [-0.4, -0.2) is 42.3 Å². The number of hydrogen-bond acceptors (Lipinski definition) is 5. The van der Waals surface area contributed by atoms with Crippen molar-refractivity contribution in [2.75, 3.05) is 7.11 Å². The van der Waals surface area contributed by atoms with Crippen LogP contribution in [0.4, 0.5) is 4.79 Å². The minimum atomic E-state index is -1.05. The van der Waals surface area contributed by atoms with Crippen molar-refractivity contribution in [3.63, 3.8) is 0 Å². The molecule has 1 aromatic rings. The van der Waals surface area contributed by atoms with Crippen molar-refractivity contribution in [3.8, 4) is 0 Å². The summed E-state index contributed by atoms with van der Waals surface area (Å²) < 4.78 is 10.3. The average Bonchev–Trinajstić information content (AvgIpc) is 2.66. The quantitative estimate of drug-likeness (QED) is 0.711. The van der Waals surface area contributed by atoms with E-state index in [9.17, 15) is 14.4 Å². The normalized spacial score (nSPS) is 17.0. The lowest BCUT2D eigenvalue weighted by atomic mass is 9.81. The highest BCUT2D eigenvalue weighted by atomic mass is 16.6. The van der Waals surface area contributed by atoms with Crippen LogP contribution in [-0.2, 0) is 25.5 Å². The Morgan fingerprint density at radius 3 is 2.24 bits per heavy atom. The van der Waals surface area contributed by atoms with E-state index in [0.717, 1.165) is 24.8 Å². The average molecular weight is 405 g/mol. The molecule has 0 saturated heterocycles. The van der Waals surface area contributed by atoms with Gasteiger partial charge < -0.3 is 20.1 Å². The van der Waals surface area contributed by atoms with Gasteiger partial charge in [0.05, 0.1) is 7.11 Å². The molecule has 0 radical (unpaired) electrons. The molecule has 0 aliphatic heterocycles. The fraction of sp³-hybridized carbons (Fsp3) is 0.591. The van der Waals surface area contributed by atoms with Crippen LogP contribution in [0.5, 0.6) is 0 Å². The molecule has 29 heavy (non-hydrogen) atoms. The summed E-state index contributed by atoms with van der Waals surface area (Å²) in [5.41, 5.74) is -0.845. The van der Waals surface area contributed by atoms with Crippen LogP contribution in [0.2, 0.25) is 0 Å². The van der Waals surface area contributed by atoms with Gasteiger partial charge in [0.25, 0.3) is 0 Å². The lowest BCUT2D eigenvalue weighted by Crippen LogP contribution is -2.61. The predicted molar refractivity (Wildman–Crippen MR) is 109 cm³/mol. The molecule has 2 amide bonds. The molecular formula is C22H32N2O5. The van der Waals surface area contributed by atoms with Crippen molar-refractivity contribution in [2.45, 2.75) is 76.5 Å². The molecule has 0 unspecified atom stereocenters. The van der Waals surface area contributed by atoms with Crippen molar-refractivity contribution in [2.24, 2.45) is 0 Å². The summed E-state index contributed by atoms with van der Waals surface area (Å²) in [6.07, 6.45) is 3.33. The smallest absolute Gasteiger partial charge is 0.408 e. The number of carbonyl (C=O) groups excluding carboxylic acids is 3. The number of methoxy groups -OCH3 is 1. The van der Waals surface area contributed by atoms with Gasteiger partial charge in [-0.05, 0) is 39.2 Å². The van der Waals surface area contributed by atoms with E-state index < -0.39 is 35.2 Å². The maximum absolute atomic E-state index is 13.2. The number of alkyl carbamates (subject to hydrolysis) is 1. The van der Waals surface area contributed by atoms with E-state index in [0.29, 0.717) is 12.8 Å². The van der Waals surface area contributed by atoms with E-state index >= 15 is 0 Å². The van der Waals surface area contributed by atoms with Gasteiger partial charge in [-0.2, -0.15) is 0 Å². The number of carbonyl (C=O) groups is 3. The fourth-order valence-corrected chi connectivity index (χ4v) is 3.56. The number of esters is 1. The molecule has 1 aliphatic rings. The summed E-state index contributed by atoms with van der Waals surface area (Å²) in [7, 11) is 1.32. The second kappa shape index (κ2) is 9.76. The Morgan fingerprint density at radius 1 is 1.07 bits per heavy atom. The Kier molecular flexibility index (Phi) is 7.65. The Balaban J connectivity index is 2.20. The minimum Gasteiger partial charge on any atom is -0.467 e. The molecule has 1 saturated carbocycles. The van der Waals surface area contributed by atoms with E-state index in [1.54, 1.807) is 20.8 Å². The van der Waals surface area contributed by atoms with E-state index in [1.165, 1.54) is 7.11 Å². The molecule has 160 valence electrons.